The van der Waals surface area contributed by atoms with E-state index in [1.807, 2.05) is 12.1 Å². The van der Waals surface area contributed by atoms with Gasteiger partial charge in [-0.2, -0.15) is 0 Å². The molecule has 0 bridgehead atoms. The molecule has 4 atom stereocenters. The van der Waals surface area contributed by atoms with Crippen molar-refractivity contribution in [3.05, 3.63) is 41.3 Å². The molecule has 1 aromatic carbocycles. The minimum absolute atomic E-state index is 0.524. The highest BCUT2D eigenvalue weighted by Gasteiger charge is 2.50. The largest absolute Gasteiger partial charge is 0.441 e. The van der Waals surface area contributed by atoms with Crippen LogP contribution in [0.2, 0.25) is 0 Å². The van der Waals surface area contributed by atoms with Gasteiger partial charge < -0.3 is 9.64 Å². The fourth-order valence-electron chi connectivity index (χ4n) is 6.22. The maximum Gasteiger partial charge on any atom is 0.202 e. The summed E-state index contributed by atoms with van der Waals surface area (Å²) in [5.41, 5.74) is 2.02. The monoisotopic (exact) mass is 366 g/mol. The van der Waals surface area contributed by atoms with Crippen molar-refractivity contribution in [2.24, 2.45) is 11.8 Å². The molecular weight excluding hydrogens is 336 g/mol. The summed E-state index contributed by atoms with van der Waals surface area (Å²) in [6.07, 6.45) is 8.24. The lowest BCUT2D eigenvalue weighted by molar-refractivity contribution is -0.107. The van der Waals surface area contributed by atoms with Gasteiger partial charge in [0.15, 0.2) is 6.29 Å². The highest BCUT2D eigenvalue weighted by atomic mass is 16.5. The lowest BCUT2D eigenvalue weighted by Gasteiger charge is -2.59. The molecule has 4 heterocycles. The highest BCUT2D eigenvalue weighted by molar-refractivity contribution is 5.74. The van der Waals surface area contributed by atoms with Crippen molar-refractivity contribution in [2.75, 3.05) is 19.6 Å². The zero-order valence-electron chi connectivity index (χ0n) is 16.3. The molecule has 0 aliphatic carbocycles. The molecule has 0 aromatic heterocycles. The molecule has 1 aromatic rings. The zero-order valence-corrected chi connectivity index (χ0v) is 16.3. The van der Waals surface area contributed by atoms with Crippen LogP contribution < -0.4 is 4.74 Å². The van der Waals surface area contributed by atoms with E-state index in [4.69, 9.17) is 4.74 Å². The second-order valence-electron chi connectivity index (χ2n) is 8.86. The Hall–Kier alpha value is -1.81. The van der Waals surface area contributed by atoms with Crippen molar-refractivity contribution in [1.82, 2.24) is 9.80 Å². The van der Waals surface area contributed by atoms with Crippen molar-refractivity contribution in [2.45, 2.75) is 57.5 Å². The summed E-state index contributed by atoms with van der Waals surface area (Å²) >= 11 is 0. The van der Waals surface area contributed by atoms with Gasteiger partial charge in [-0.3, -0.25) is 9.69 Å². The van der Waals surface area contributed by atoms with Gasteiger partial charge in [-0.05, 0) is 88.1 Å². The van der Waals surface area contributed by atoms with Crippen molar-refractivity contribution >= 4 is 6.29 Å². The third-order valence-electron chi connectivity index (χ3n) is 7.26. The lowest BCUT2D eigenvalue weighted by Crippen LogP contribution is -2.65. The lowest BCUT2D eigenvalue weighted by atomic mass is 9.68. The van der Waals surface area contributed by atoms with E-state index in [0.717, 1.165) is 54.8 Å². The summed E-state index contributed by atoms with van der Waals surface area (Å²) in [7, 11) is 0. The Morgan fingerprint density at radius 1 is 1.15 bits per heavy atom. The molecule has 4 heteroatoms. The fraction of sp³-hybridized carbons (Fsp3) is 0.609. The van der Waals surface area contributed by atoms with Gasteiger partial charge in [-0.25, -0.2) is 0 Å². The number of benzene rings is 1. The van der Waals surface area contributed by atoms with Crippen LogP contribution in [0.1, 0.15) is 44.1 Å². The summed E-state index contributed by atoms with van der Waals surface area (Å²) in [6, 6.07) is 9.45. The predicted octanol–water partition coefficient (Wildman–Crippen LogP) is 3.75. The minimum Gasteiger partial charge on any atom is -0.441 e. The summed E-state index contributed by atoms with van der Waals surface area (Å²) < 4.78 is 6.39. The average molecular weight is 367 g/mol. The molecular formula is C23H30N2O2. The van der Waals surface area contributed by atoms with Crippen LogP contribution in [0.25, 0.3) is 0 Å². The molecule has 3 fully saturated rings. The smallest absolute Gasteiger partial charge is 0.202 e. The third kappa shape index (κ3) is 2.98. The van der Waals surface area contributed by atoms with Gasteiger partial charge in [0.25, 0.3) is 0 Å². The number of allylic oxidation sites excluding steroid dienone is 1. The molecule has 0 amide bonds. The number of nitrogens with zero attached hydrogens (tertiary/aromatic N) is 2. The first-order valence-electron chi connectivity index (χ1n) is 10.7. The molecule has 0 unspecified atom stereocenters. The first-order valence-corrected chi connectivity index (χ1v) is 10.7. The number of hydrogen-bond donors (Lipinski definition) is 0. The van der Waals surface area contributed by atoms with E-state index in [2.05, 4.69) is 28.9 Å². The van der Waals surface area contributed by atoms with E-state index in [9.17, 15) is 4.79 Å². The van der Waals surface area contributed by atoms with E-state index < -0.39 is 0 Å². The number of carbonyl (C=O) groups excluding carboxylic acids is 1. The number of fused-ring (bicyclic) bond motifs is 2. The Morgan fingerprint density at radius 3 is 2.81 bits per heavy atom. The molecule has 0 spiro atoms. The fourth-order valence-corrected chi connectivity index (χ4v) is 6.22. The van der Waals surface area contributed by atoms with E-state index in [1.165, 1.54) is 44.3 Å². The second kappa shape index (κ2) is 6.97. The summed E-state index contributed by atoms with van der Waals surface area (Å²) in [6.45, 7) is 5.69. The Kier molecular flexibility index (Phi) is 4.47. The number of carbonyl (C=O) groups is 1. The van der Waals surface area contributed by atoms with E-state index in [0.29, 0.717) is 12.0 Å². The van der Waals surface area contributed by atoms with Gasteiger partial charge >= 0.3 is 0 Å². The van der Waals surface area contributed by atoms with E-state index >= 15 is 0 Å². The number of aryl methyl sites for hydroxylation is 1. The van der Waals surface area contributed by atoms with Gasteiger partial charge in [-0.1, -0.05) is 12.1 Å². The van der Waals surface area contributed by atoms with Gasteiger partial charge in [0.1, 0.15) is 5.75 Å². The molecule has 0 N–H and O–H groups in total. The number of aldehydes is 1. The quantitative estimate of drug-likeness (QED) is 0.763. The van der Waals surface area contributed by atoms with E-state index in [1.54, 1.807) is 0 Å². The van der Waals surface area contributed by atoms with E-state index in [-0.39, 0.29) is 0 Å². The molecule has 4 aliphatic rings. The maximum absolute atomic E-state index is 11.8. The first kappa shape index (κ1) is 17.3. The predicted molar refractivity (Wildman–Crippen MR) is 105 cm³/mol. The highest BCUT2D eigenvalue weighted by Crippen LogP contribution is 2.46. The molecule has 5 rings (SSSR count). The summed E-state index contributed by atoms with van der Waals surface area (Å²) in [5, 5.41) is 0. The molecule has 27 heavy (non-hydrogen) atoms. The van der Waals surface area contributed by atoms with Crippen LogP contribution in [-0.2, 0) is 4.79 Å². The molecule has 3 saturated heterocycles. The maximum atomic E-state index is 11.8. The van der Waals surface area contributed by atoms with Crippen LogP contribution in [0.4, 0.5) is 0 Å². The standard InChI is InChI=1S/C23H30N2O2/c1-16-5-2-7-19(13-16)27-23-18(15-26)9-10-21-20-8-4-12-24-11-3-6-17(22(20)24)14-25(21)23/h2,5,7,13,15,17,20-22H,3-4,6,8-12,14H2,1H3/t17-,20+,21+,22-/m0/s1. The SMILES string of the molecule is Cc1cccc(OC2=C(C=O)CC[C@@H]3[C@H]4CCCN5CCC[C@@H](CN23)[C@@H]45)c1. The molecule has 4 nitrogen and oxygen atoms in total. The topological polar surface area (TPSA) is 32.8 Å². The Morgan fingerprint density at radius 2 is 2.00 bits per heavy atom. The minimum atomic E-state index is 0.524. The zero-order chi connectivity index (χ0) is 18.4. The summed E-state index contributed by atoms with van der Waals surface area (Å²) in [4.78, 5) is 17.1. The molecule has 0 radical (unpaired) electrons. The Labute approximate surface area is 162 Å². The number of piperidine rings is 3. The van der Waals surface area contributed by atoms with Gasteiger partial charge in [0, 0.05) is 18.6 Å². The van der Waals surface area contributed by atoms with Gasteiger partial charge in [0.05, 0.1) is 5.57 Å². The van der Waals surface area contributed by atoms with Crippen LogP contribution in [0.15, 0.2) is 35.7 Å². The van der Waals surface area contributed by atoms with Crippen LogP contribution in [-0.4, -0.2) is 47.8 Å². The van der Waals surface area contributed by atoms with Gasteiger partial charge in [-0.15, -0.1) is 0 Å². The van der Waals surface area contributed by atoms with Gasteiger partial charge in [0.2, 0.25) is 5.88 Å². The number of ether oxygens (including phenoxy) is 1. The van der Waals surface area contributed by atoms with Crippen molar-refractivity contribution in [3.63, 3.8) is 0 Å². The Balaban J connectivity index is 1.49. The average Bonchev–Trinajstić information content (AvgIpc) is 2.69. The number of rotatable bonds is 3. The second-order valence-corrected chi connectivity index (χ2v) is 8.86. The van der Waals surface area contributed by atoms with Crippen molar-refractivity contribution < 1.29 is 9.53 Å². The van der Waals surface area contributed by atoms with Crippen molar-refractivity contribution in [1.29, 1.82) is 0 Å². The molecule has 4 aliphatic heterocycles. The van der Waals surface area contributed by atoms with Crippen molar-refractivity contribution in [3.8, 4) is 5.75 Å². The van der Waals surface area contributed by atoms with Crippen LogP contribution in [0.3, 0.4) is 0 Å². The summed E-state index contributed by atoms with van der Waals surface area (Å²) in [5.74, 6) is 3.12. The first-order chi connectivity index (χ1) is 13.2. The number of hydrogen-bond acceptors (Lipinski definition) is 4. The normalized spacial score (nSPS) is 33.3. The van der Waals surface area contributed by atoms with Crippen LogP contribution >= 0.6 is 0 Å². The molecule has 0 saturated carbocycles. The third-order valence-corrected chi connectivity index (χ3v) is 7.26. The van der Waals surface area contributed by atoms with Crippen LogP contribution in [0.5, 0.6) is 5.75 Å². The molecule has 144 valence electrons. The van der Waals surface area contributed by atoms with Crippen LogP contribution in [0, 0.1) is 18.8 Å². The Bertz CT molecular complexity index is 757.